The van der Waals surface area contributed by atoms with Crippen molar-refractivity contribution < 1.29 is 0 Å². The Balaban J connectivity index is 0.000000442. The third-order valence-corrected chi connectivity index (χ3v) is 1.49. The molecule has 0 aromatic carbocycles. The molecule has 4 heteroatoms. The molecule has 2 aromatic rings. The smallest absolute Gasteiger partial charge is 0.179 e. The summed E-state index contributed by atoms with van der Waals surface area (Å²) in [7, 11) is 0. The van der Waals surface area contributed by atoms with Crippen LogP contribution in [0.5, 0.6) is 0 Å². The largest absolute Gasteiger partial charge is 0.384 e. The zero-order chi connectivity index (χ0) is 11.8. The number of fused-ring (bicyclic) bond motifs is 1. The first-order valence-corrected chi connectivity index (χ1v) is 5.34. The number of aromatic amines is 1. The van der Waals surface area contributed by atoms with Gasteiger partial charge in [0.05, 0.1) is 5.52 Å². The normalized spacial score (nSPS) is 8.60. The van der Waals surface area contributed by atoms with E-state index in [0.29, 0.717) is 11.5 Å². The van der Waals surface area contributed by atoms with Crippen molar-refractivity contribution in [2.45, 2.75) is 34.6 Å². The van der Waals surface area contributed by atoms with Crippen LogP contribution in [0.1, 0.15) is 33.5 Å². The van der Waals surface area contributed by atoms with E-state index in [4.69, 9.17) is 5.73 Å². The fraction of sp³-hybridized carbons (Fsp3) is 0.455. The second-order valence-electron chi connectivity index (χ2n) is 2.43. The van der Waals surface area contributed by atoms with Crippen molar-refractivity contribution in [3.8, 4) is 0 Å². The maximum Gasteiger partial charge on any atom is 0.179 e. The molecule has 0 unspecified atom stereocenters. The topological polar surface area (TPSA) is 67.6 Å². The van der Waals surface area contributed by atoms with Gasteiger partial charge in [-0.2, -0.15) is 0 Å². The zero-order valence-corrected chi connectivity index (χ0v) is 10.1. The second kappa shape index (κ2) is 6.81. The quantitative estimate of drug-likeness (QED) is 0.699. The first-order valence-electron chi connectivity index (χ1n) is 5.34. The van der Waals surface area contributed by atoms with Crippen LogP contribution in [0, 0.1) is 6.92 Å². The zero-order valence-electron chi connectivity index (χ0n) is 10.1. The van der Waals surface area contributed by atoms with Gasteiger partial charge in [0.25, 0.3) is 0 Å². The number of aromatic nitrogens is 3. The first kappa shape index (κ1) is 13.4. The highest BCUT2D eigenvalue weighted by Gasteiger charge is 1.98. The molecule has 0 spiro atoms. The Bertz CT molecular complexity index is 392. The summed E-state index contributed by atoms with van der Waals surface area (Å²) in [6.07, 6.45) is 0. The summed E-state index contributed by atoms with van der Waals surface area (Å²) in [6, 6.07) is 3.62. The molecule has 15 heavy (non-hydrogen) atoms. The van der Waals surface area contributed by atoms with E-state index < -0.39 is 0 Å². The molecule has 0 saturated heterocycles. The molecular weight excluding hydrogens is 188 g/mol. The van der Waals surface area contributed by atoms with Crippen molar-refractivity contribution >= 4 is 17.0 Å². The summed E-state index contributed by atoms with van der Waals surface area (Å²) in [5, 5.41) is 0. The molecule has 84 valence electrons. The van der Waals surface area contributed by atoms with Gasteiger partial charge in [0.15, 0.2) is 5.65 Å². The fourth-order valence-corrected chi connectivity index (χ4v) is 1.03. The predicted octanol–water partition coefficient (Wildman–Crippen LogP) is 2.90. The lowest BCUT2D eigenvalue weighted by Gasteiger charge is -1.88. The number of pyridine rings is 1. The molecule has 2 aromatic heterocycles. The van der Waals surface area contributed by atoms with Gasteiger partial charge < -0.3 is 10.7 Å². The Morgan fingerprint density at radius 1 is 1.07 bits per heavy atom. The number of nitrogens with two attached hydrogens (primary N) is 1. The Kier molecular flexibility index (Phi) is 6.09. The van der Waals surface area contributed by atoms with E-state index >= 15 is 0 Å². The molecule has 0 aliphatic rings. The summed E-state index contributed by atoms with van der Waals surface area (Å²) >= 11 is 0. The van der Waals surface area contributed by atoms with E-state index in [9.17, 15) is 0 Å². The number of hydrogen-bond donors (Lipinski definition) is 2. The summed E-state index contributed by atoms with van der Waals surface area (Å²) in [4.78, 5) is 11.2. The van der Waals surface area contributed by atoms with Crippen molar-refractivity contribution in [2.24, 2.45) is 0 Å². The van der Waals surface area contributed by atoms with Crippen molar-refractivity contribution in [2.75, 3.05) is 5.73 Å². The van der Waals surface area contributed by atoms with Crippen LogP contribution in [0.4, 0.5) is 5.82 Å². The molecule has 0 radical (unpaired) electrons. The molecule has 0 saturated carbocycles. The van der Waals surface area contributed by atoms with E-state index in [2.05, 4.69) is 15.0 Å². The number of H-pyrrole nitrogens is 1. The van der Waals surface area contributed by atoms with Crippen molar-refractivity contribution in [1.29, 1.82) is 0 Å². The van der Waals surface area contributed by atoms with Gasteiger partial charge in [-0.15, -0.1) is 0 Å². The fourth-order valence-electron chi connectivity index (χ4n) is 1.03. The SMILES string of the molecule is CC.CC.Cc1nc2nc(N)ccc2[nH]1. The van der Waals surface area contributed by atoms with E-state index in [1.165, 1.54) is 0 Å². The minimum absolute atomic E-state index is 0.504. The van der Waals surface area contributed by atoms with Gasteiger partial charge in [-0.3, -0.25) is 0 Å². The molecule has 0 aliphatic carbocycles. The summed E-state index contributed by atoms with van der Waals surface area (Å²) < 4.78 is 0. The first-order chi connectivity index (χ1) is 7.25. The number of nitrogens with zero attached hydrogens (tertiary/aromatic N) is 2. The van der Waals surface area contributed by atoms with Crippen LogP contribution in [0.25, 0.3) is 11.2 Å². The number of nitrogen functional groups attached to an aromatic ring is 1. The average Bonchev–Trinajstić information content (AvgIpc) is 2.63. The van der Waals surface area contributed by atoms with Gasteiger partial charge in [-0.25, -0.2) is 9.97 Å². The number of imidazole rings is 1. The molecule has 0 aliphatic heterocycles. The summed E-state index contributed by atoms with van der Waals surface area (Å²) in [6.45, 7) is 9.89. The van der Waals surface area contributed by atoms with Crippen molar-refractivity contribution in [3.63, 3.8) is 0 Å². The van der Waals surface area contributed by atoms with Crippen LogP contribution in [-0.2, 0) is 0 Å². The van der Waals surface area contributed by atoms with Crippen molar-refractivity contribution in [3.05, 3.63) is 18.0 Å². The minimum Gasteiger partial charge on any atom is -0.384 e. The third kappa shape index (κ3) is 3.58. The number of nitrogens with one attached hydrogen (secondary N) is 1. The molecule has 0 fully saturated rings. The lowest BCUT2D eigenvalue weighted by Crippen LogP contribution is -1.88. The Labute approximate surface area is 90.9 Å². The molecule has 2 rings (SSSR count). The Morgan fingerprint density at radius 3 is 2.27 bits per heavy atom. The maximum absolute atomic E-state index is 5.47. The number of hydrogen-bond acceptors (Lipinski definition) is 3. The lowest BCUT2D eigenvalue weighted by atomic mass is 10.4. The van der Waals surface area contributed by atoms with E-state index in [-0.39, 0.29) is 0 Å². The molecule has 2 heterocycles. The maximum atomic E-state index is 5.47. The number of anilines is 1. The molecule has 4 nitrogen and oxygen atoms in total. The van der Waals surface area contributed by atoms with Gasteiger partial charge in [0.2, 0.25) is 0 Å². The predicted molar refractivity (Wildman–Crippen MR) is 65.7 cm³/mol. The van der Waals surface area contributed by atoms with E-state index in [0.717, 1.165) is 11.3 Å². The molecule has 0 atom stereocenters. The average molecular weight is 208 g/mol. The number of aryl methyl sites for hydroxylation is 1. The molecule has 3 N–H and O–H groups in total. The van der Waals surface area contributed by atoms with Gasteiger partial charge >= 0.3 is 0 Å². The highest BCUT2D eigenvalue weighted by atomic mass is 15.0. The summed E-state index contributed by atoms with van der Waals surface area (Å²) in [5.74, 6) is 1.36. The molecule has 0 bridgehead atoms. The number of rotatable bonds is 0. The molecular formula is C11H20N4. The Morgan fingerprint density at radius 2 is 1.67 bits per heavy atom. The van der Waals surface area contributed by atoms with Crippen LogP contribution in [-0.4, -0.2) is 15.0 Å². The van der Waals surface area contributed by atoms with Gasteiger partial charge in [0.1, 0.15) is 11.6 Å². The summed E-state index contributed by atoms with van der Waals surface area (Å²) in [5.41, 5.74) is 7.08. The van der Waals surface area contributed by atoms with E-state index in [1.54, 1.807) is 6.07 Å². The van der Waals surface area contributed by atoms with Crippen molar-refractivity contribution in [1.82, 2.24) is 15.0 Å². The second-order valence-corrected chi connectivity index (χ2v) is 2.43. The van der Waals surface area contributed by atoms with Gasteiger partial charge in [-0.05, 0) is 19.1 Å². The molecule has 0 amide bonds. The minimum atomic E-state index is 0.504. The third-order valence-electron chi connectivity index (χ3n) is 1.49. The standard InChI is InChI=1S/C7H8N4.2C2H6/c1-4-9-5-2-3-6(8)11-7(5)10-4;2*1-2/h2-3H,1H3,(H3,8,9,10,11);2*1-2H3. The highest BCUT2D eigenvalue weighted by molar-refractivity contribution is 5.72. The van der Waals surface area contributed by atoms with Gasteiger partial charge in [0, 0.05) is 0 Å². The van der Waals surface area contributed by atoms with Crippen LogP contribution in [0.2, 0.25) is 0 Å². The monoisotopic (exact) mass is 208 g/mol. The highest BCUT2D eigenvalue weighted by Crippen LogP contribution is 2.09. The van der Waals surface area contributed by atoms with Gasteiger partial charge in [-0.1, -0.05) is 27.7 Å². The van der Waals surface area contributed by atoms with Crippen LogP contribution < -0.4 is 5.73 Å². The van der Waals surface area contributed by atoms with Crippen LogP contribution in [0.15, 0.2) is 12.1 Å². The lowest BCUT2D eigenvalue weighted by molar-refractivity contribution is 1.16. The van der Waals surface area contributed by atoms with E-state index in [1.807, 2.05) is 40.7 Å². The van der Waals surface area contributed by atoms with Crippen LogP contribution in [0.3, 0.4) is 0 Å². The van der Waals surface area contributed by atoms with Crippen LogP contribution >= 0.6 is 0 Å². The Hall–Kier alpha value is -1.58.